The minimum Gasteiger partial charge on any atom is -0.508 e. The van der Waals surface area contributed by atoms with Crippen LogP contribution in [-0.2, 0) is 14.3 Å². The van der Waals surface area contributed by atoms with Gasteiger partial charge in [0, 0.05) is 23.0 Å². The number of halogens is 1. The monoisotopic (exact) mass is 355 g/mol. The highest BCUT2D eigenvalue weighted by Crippen LogP contribution is 2.42. The average Bonchev–Trinajstić information content (AvgIpc) is 2.98. The summed E-state index contributed by atoms with van der Waals surface area (Å²) in [4.78, 5) is 26.7. The predicted octanol–water partition coefficient (Wildman–Crippen LogP) is 3.38. The van der Waals surface area contributed by atoms with Gasteiger partial charge in [0.05, 0.1) is 11.3 Å². The van der Waals surface area contributed by atoms with Gasteiger partial charge in [0.25, 0.3) is 0 Å². The summed E-state index contributed by atoms with van der Waals surface area (Å²) in [5, 5.41) is 10.0. The first kappa shape index (κ1) is 15.7. The van der Waals surface area contributed by atoms with E-state index in [0.717, 1.165) is 5.56 Å². The van der Waals surface area contributed by atoms with Gasteiger partial charge in [-0.05, 0) is 42.0 Å². The van der Waals surface area contributed by atoms with Crippen LogP contribution in [-0.4, -0.2) is 23.6 Å². The zero-order chi connectivity index (χ0) is 17.6. The smallest absolute Gasteiger partial charge is 0.336 e. The summed E-state index contributed by atoms with van der Waals surface area (Å²) in [5.74, 6) is -0.754. The normalized spacial score (nSPS) is 19.9. The molecule has 0 bridgehead atoms. The summed E-state index contributed by atoms with van der Waals surface area (Å²) in [6.45, 7) is 0.0666. The molecule has 1 amide bonds. The molecule has 2 aromatic rings. The highest BCUT2D eigenvalue weighted by atomic mass is 35.5. The fourth-order valence-corrected chi connectivity index (χ4v) is 3.46. The van der Waals surface area contributed by atoms with Crippen molar-refractivity contribution in [1.82, 2.24) is 0 Å². The zero-order valence-corrected chi connectivity index (χ0v) is 13.9. The molecule has 1 atom stereocenters. The van der Waals surface area contributed by atoms with Crippen LogP contribution in [0.25, 0.3) is 0 Å². The Kier molecular flexibility index (Phi) is 3.73. The Morgan fingerprint density at radius 1 is 1.04 bits per heavy atom. The van der Waals surface area contributed by atoms with Crippen molar-refractivity contribution in [2.45, 2.75) is 12.3 Å². The molecular weight excluding hydrogens is 342 g/mol. The molecule has 2 aliphatic heterocycles. The van der Waals surface area contributed by atoms with Crippen molar-refractivity contribution in [2.24, 2.45) is 0 Å². The number of esters is 1. The maximum absolute atomic E-state index is 12.8. The largest absolute Gasteiger partial charge is 0.508 e. The molecule has 0 fully saturated rings. The summed E-state index contributed by atoms with van der Waals surface area (Å²) in [7, 11) is 0. The number of nitrogens with zero attached hydrogens (tertiary/aromatic N) is 1. The second kappa shape index (κ2) is 5.93. The maximum Gasteiger partial charge on any atom is 0.336 e. The van der Waals surface area contributed by atoms with E-state index in [4.69, 9.17) is 16.3 Å². The van der Waals surface area contributed by atoms with E-state index in [2.05, 4.69) is 0 Å². The Morgan fingerprint density at radius 2 is 1.72 bits per heavy atom. The number of carbonyl (C=O) groups is 2. The number of carbonyl (C=O) groups excluding carboxylic acids is 2. The maximum atomic E-state index is 12.8. The first-order chi connectivity index (χ1) is 12.0. The molecule has 0 spiro atoms. The van der Waals surface area contributed by atoms with Gasteiger partial charge in [-0.3, -0.25) is 9.69 Å². The molecular formula is C19H14ClNO4. The van der Waals surface area contributed by atoms with Crippen LogP contribution in [0.3, 0.4) is 0 Å². The number of aromatic hydroxyl groups is 1. The van der Waals surface area contributed by atoms with E-state index < -0.39 is 5.97 Å². The summed E-state index contributed by atoms with van der Waals surface area (Å²) < 4.78 is 5.22. The topological polar surface area (TPSA) is 66.8 Å². The van der Waals surface area contributed by atoms with Crippen molar-refractivity contribution in [3.63, 3.8) is 0 Å². The molecule has 0 saturated heterocycles. The van der Waals surface area contributed by atoms with Crippen LogP contribution in [0.15, 0.2) is 59.8 Å². The van der Waals surface area contributed by atoms with E-state index in [1.165, 1.54) is 4.90 Å². The first-order valence-electron chi connectivity index (χ1n) is 7.82. The SMILES string of the molecule is O=C1OCC2=C1C(c1ccc(O)cc1)CC(=O)N2c1ccc(Cl)cc1. The summed E-state index contributed by atoms with van der Waals surface area (Å²) in [6.07, 6.45) is 0.154. The Labute approximate surface area is 149 Å². The Bertz CT molecular complexity index is 887. The van der Waals surface area contributed by atoms with E-state index >= 15 is 0 Å². The molecule has 1 unspecified atom stereocenters. The third-order valence-corrected chi connectivity index (χ3v) is 4.75. The average molecular weight is 356 g/mol. The molecule has 0 aliphatic carbocycles. The molecule has 126 valence electrons. The minimum absolute atomic E-state index is 0.0666. The van der Waals surface area contributed by atoms with Gasteiger partial charge in [-0.1, -0.05) is 23.7 Å². The lowest BCUT2D eigenvalue weighted by molar-refractivity contribution is -0.136. The van der Waals surface area contributed by atoms with Crippen molar-refractivity contribution in [1.29, 1.82) is 0 Å². The van der Waals surface area contributed by atoms with Crippen molar-refractivity contribution >= 4 is 29.2 Å². The van der Waals surface area contributed by atoms with Gasteiger partial charge < -0.3 is 9.84 Å². The molecule has 4 rings (SSSR count). The molecule has 2 heterocycles. The predicted molar refractivity (Wildman–Crippen MR) is 92.4 cm³/mol. The van der Waals surface area contributed by atoms with E-state index in [-0.39, 0.29) is 30.6 Å². The second-order valence-electron chi connectivity index (χ2n) is 5.99. The number of anilines is 1. The van der Waals surface area contributed by atoms with Crippen molar-refractivity contribution in [3.8, 4) is 5.75 Å². The number of benzene rings is 2. The van der Waals surface area contributed by atoms with Gasteiger partial charge >= 0.3 is 5.97 Å². The van der Waals surface area contributed by atoms with Gasteiger partial charge in [0.2, 0.25) is 5.91 Å². The molecule has 0 radical (unpaired) electrons. The third-order valence-electron chi connectivity index (χ3n) is 4.50. The van der Waals surface area contributed by atoms with Gasteiger partial charge in [0.1, 0.15) is 12.4 Å². The lowest BCUT2D eigenvalue weighted by Crippen LogP contribution is -2.37. The second-order valence-corrected chi connectivity index (χ2v) is 6.43. The number of rotatable bonds is 2. The molecule has 5 nitrogen and oxygen atoms in total. The highest BCUT2D eigenvalue weighted by molar-refractivity contribution is 6.30. The molecule has 2 aliphatic rings. The van der Waals surface area contributed by atoms with Crippen LogP contribution in [0.4, 0.5) is 5.69 Å². The fraction of sp³-hybridized carbons (Fsp3) is 0.158. The Balaban J connectivity index is 1.81. The fourth-order valence-electron chi connectivity index (χ4n) is 3.34. The Morgan fingerprint density at radius 3 is 2.40 bits per heavy atom. The third kappa shape index (κ3) is 2.66. The quantitative estimate of drug-likeness (QED) is 0.839. The number of hydrogen-bond donors (Lipinski definition) is 1. The van der Waals surface area contributed by atoms with E-state index in [1.807, 2.05) is 0 Å². The van der Waals surface area contributed by atoms with Crippen molar-refractivity contribution in [3.05, 3.63) is 70.4 Å². The Hall–Kier alpha value is -2.79. The summed E-state index contributed by atoms with van der Waals surface area (Å²) in [5.41, 5.74) is 2.53. The van der Waals surface area contributed by atoms with E-state index in [1.54, 1.807) is 48.5 Å². The van der Waals surface area contributed by atoms with Gasteiger partial charge in [-0.25, -0.2) is 4.79 Å². The van der Waals surface area contributed by atoms with Crippen LogP contribution < -0.4 is 4.90 Å². The zero-order valence-electron chi connectivity index (χ0n) is 13.1. The lowest BCUT2D eigenvalue weighted by Gasteiger charge is -2.31. The summed E-state index contributed by atoms with van der Waals surface area (Å²) in [6, 6.07) is 13.4. The molecule has 1 N–H and O–H groups in total. The summed E-state index contributed by atoms with van der Waals surface area (Å²) >= 11 is 5.92. The van der Waals surface area contributed by atoms with Gasteiger partial charge in [0.15, 0.2) is 0 Å². The molecule has 25 heavy (non-hydrogen) atoms. The van der Waals surface area contributed by atoms with E-state index in [0.29, 0.717) is 22.0 Å². The number of phenolic OH excluding ortho intramolecular Hbond substituents is 1. The van der Waals surface area contributed by atoms with Crippen molar-refractivity contribution < 1.29 is 19.4 Å². The number of amides is 1. The van der Waals surface area contributed by atoms with Crippen LogP contribution in [0.2, 0.25) is 5.02 Å². The van der Waals surface area contributed by atoms with Crippen LogP contribution in [0.5, 0.6) is 5.75 Å². The lowest BCUT2D eigenvalue weighted by atomic mass is 9.84. The number of phenols is 1. The molecule has 2 aromatic carbocycles. The molecule has 0 saturated carbocycles. The molecule has 0 aromatic heterocycles. The van der Waals surface area contributed by atoms with Crippen LogP contribution in [0, 0.1) is 0 Å². The van der Waals surface area contributed by atoms with Gasteiger partial charge in [-0.2, -0.15) is 0 Å². The van der Waals surface area contributed by atoms with Crippen LogP contribution >= 0.6 is 11.6 Å². The number of hydrogen-bond acceptors (Lipinski definition) is 4. The standard InChI is InChI=1S/C19H14ClNO4/c20-12-3-5-13(6-4-12)21-16-10-25-19(24)18(16)15(9-17(21)23)11-1-7-14(22)8-2-11/h1-8,15,22H,9-10H2. The van der Waals surface area contributed by atoms with Crippen LogP contribution in [0.1, 0.15) is 17.9 Å². The van der Waals surface area contributed by atoms with Gasteiger partial charge in [-0.15, -0.1) is 0 Å². The first-order valence-corrected chi connectivity index (χ1v) is 8.20. The minimum atomic E-state index is -0.403. The number of ether oxygens (including phenoxy) is 1. The highest BCUT2D eigenvalue weighted by Gasteiger charge is 2.42. The van der Waals surface area contributed by atoms with Crippen molar-refractivity contribution in [2.75, 3.05) is 11.5 Å². The molecule has 6 heteroatoms. The van der Waals surface area contributed by atoms with E-state index in [9.17, 15) is 14.7 Å². The number of cyclic esters (lactones) is 1.